The van der Waals surface area contributed by atoms with Crippen LogP contribution in [-0.4, -0.2) is 11.6 Å². The highest BCUT2D eigenvalue weighted by atomic mass is 35.5. The molecule has 0 radical (unpaired) electrons. The average Bonchev–Trinajstić information content (AvgIpc) is 2.76. The van der Waals surface area contributed by atoms with Gasteiger partial charge < -0.3 is 10.5 Å². The lowest BCUT2D eigenvalue weighted by atomic mass is 10.0. The van der Waals surface area contributed by atoms with Gasteiger partial charge in [-0.2, -0.15) is 0 Å². The molecule has 16 heavy (non-hydrogen) atoms. The van der Waals surface area contributed by atoms with Gasteiger partial charge in [0.15, 0.2) is 0 Å². The van der Waals surface area contributed by atoms with E-state index in [1.54, 1.807) is 0 Å². The Kier molecular flexibility index (Phi) is 2.20. The van der Waals surface area contributed by atoms with Crippen LogP contribution < -0.4 is 10.5 Å². The number of fused-ring (bicyclic) bond motifs is 1. The largest absolute Gasteiger partial charge is 0.489 e. The first kappa shape index (κ1) is 10.4. The monoisotopic (exact) mass is 237 g/mol. The van der Waals surface area contributed by atoms with Crippen molar-refractivity contribution in [3.8, 4) is 5.75 Å². The summed E-state index contributed by atoms with van der Waals surface area (Å²) in [4.78, 5) is 0. The van der Waals surface area contributed by atoms with E-state index in [9.17, 15) is 0 Å². The van der Waals surface area contributed by atoms with Crippen LogP contribution in [0.1, 0.15) is 30.9 Å². The van der Waals surface area contributed by atoms with Gasteiger partial charge >= 0.3 is 0 Å². The summed E-state index contributed by atoms with van der Waals surface area (Å²) in [6, 6.07) is 4.21. The zero-order chi connectivity index (χ0) is 11.3. The molecule has 86 valence electrons. The summed E-state index contributed by atoms with van der Waals surface area (Å²) in [6.07, 6.45) is 4.41. The molecule has 1 aliphatic heterocycles. The van der Waals surface area contributed by atoms with E-state index in [0.29, 0.717) is 0 Å². The SMILES string of the molecule is CC1Cc2cc(CC3(N)CC3)cc(Cl)c2O1. The number of ether oxygens (including phenoxy) is 1. The first-order valence-electron chi connectivity index (χ1n) is 5.83. The van der Waals surface area contributed by atoms with Gasteiger partial charge in [0, 0.05) is 12.0 Å². The van der Waals surface area contributed by atoms with E-state index in [1.165, 1.54) is 11.1 Å². The van der Waals surface area contributed by atoms with Crippen LogP contribution in [-0.2, 0) is 12.8 Å². The number of hydrogen-bond acceptors (Lipinski definition) is 2. The van der Waals surface area contributed by atoms with Crippen LogP contribution in [0.4, 0.5) is 0 Å². The van der Waals surface area contributed by atoms with Crippen LogP contribution in [0.25, 0.3) is 0 Å². The molecule has 2 aliphatic rings. The molecule has 2 nitrogen and oxygen atoms in total. The molecule has 1 saturated carbocycles. The van der Waals surface area contributed by atoms with E-state index in [4.69, 9.17) is 22.1 Å². The van der Waals surface area contributed by atoms with Gasteiger partial charge in [0.2, 0.25) is 0 Å². The van der Waals surface area contributed by atoms with Crippen molar-refractivity contribution in [2.75, 3.05) is 0 Å². The highest BCUT2D eigenvalue weighted by Gasteiger charge is 2.38. The van der Waals surface area contributed by atoms with Crippen LogP contribution in [0.15, 0.2) is 12.1 Å². The fourth-order valence-corrected chi connectivity index (χ4v) is 2.70. The molecule has 0 spiro atoms. The lowest BCUT2D eigenvalue weighted by Crippen LogP contribution is -2.24. The molecule has 1 atom stereocenters. The van der Waals surface area contributed by atoms with Crippen molar-refractivity contribution in [3.63, 3.8) is 0 Å². The Morgan fingerprint density at radius 2 is 2.25 bits per heavy atom. The molecule has 2 N–H and O–H groups in total. The number of nitrogens with two attached hydrogens (primary N) is 1. The van der Waals surface area contributed by atoms with Crippen molar-refractivity contribution in [2.45, 2.75) is 44.2 Å². The maximum absolute atomic E-state index is 6.22. The molecule has 1 aromatic carbocycles. The summed E-state index contributed by atoms with van der Waals surface area (Å²) in [5.74, 6) is 0.875. The van der Waals surface area contributed by atoms with Gasteiger partial charge in [0.1, 0.15) is 11.9 Å². The normalized spacial score (nSPS) is 25.1. The third kappa shape index (κ3) is 1.80. The van der Waals surface area contributed by atoms with Gasteiger partial charge in [-0.25, -0.2) is 0 Å². The summed E-state index contributed by atoms with van der Waals surface area (Å²) in [5, 5.41) is 0.737. The van der Waals surface area contributed by atoms with Gasteiger partial charge in [-0.15, -0.1) is 0 Å². The van der Waals surface area contributed by atoms with Crippen molar-refractivity contribution in [2.24, 2.45) is 5.73 Å². The van der Waals surface area contributed by atoms with E-state index in [2.05, 4.69) is 13.0 Å². The predicted octanol–water partition coefficient (Wildman–Crippen LogP) is 2.70. The fourth-order valence-electron chi connectivity index (χ4n) is 2.39. The van der Waals surface area contributed by atoms with E-state index < -0.39 is 0 Å². The van der Waals surface area contributed by atoms with E-state index in [1.807, 2.05) is 6.07 Å². The van der Waals surface area contributed by atoms with Crippen molar-refractivity contribution < 1.29 is 4.74 Å². The van der Waals surface area contributed by atoms with E-state index in [0.717, 1.165) is 36.5 Å². The summed E-state index contributed by atoms with van der Waals surface area (Å²) < 4.78 is 5.68. The molecule has 3 rings (SSSR count). The van der Waals surface area contributed by atoms with E-state index >= 15 is 0 Å². The standard InChI is InChI=1S/C13H16ClNO/c1-8-4-10-5-9(7-13(15)2-3-13)6-11(14)12(10)16-8/h5-6,8H,2-4,7,15H2,1H3. The van der Waals surface area contributed by atoms with Crippen LogP contribution in [0.5, 0.6) is 5.75 Å². The van der Waals surface area contributed by atoms with E-state index in [-0.39, 0.29) is 11.6 Å². The van der Waals surface area contributed by atoms with Crippen LogP contribution in [0.2, 0.25) is 5.02 Å². The maximum Gasteiger partial charge on any atom is 0.141 e. The van der Waals surface area contributed by atoms with Crippen molar-refractivity contribution >= 4 is 11.6 Å². The molecule has 0 bridgehead atoms. The molecular formula is C13H16ClNO. The summed E-state index contributed by atoms with van der Waals surface area (Å²) in [6.45, 7) is 2.07. The van der Waals surface area contributed by atoms with Gasteiger partial charge in [0.05, 0.1) is 5.02 Å². The van der Waals surface area contributed by atoms with Gasteiger partial charge in [-0.3, -0.25) is 0 Å². The Hall–Kier alpha value is -0.730. The molecule has 1 fully saturated rings. The Bertz CT molecular complexity index is 440. The Balaban J connectivity index is 1.91. The maximum atomic E-state index is 6.22. The summed E-state index contributed by atoms with van der Waals surface area (Å²) in [5.41, 5.74) is 8.66. The third-order valence-electron chi connectivity index (χ3n) is 3.46. The lowest BCUT2D eigenvalue weighted by Gasteiger charge is -2.11. The number of hydrogen-bond donors (Lipinski definition) is 1. The lowest BCUT2D eigenvalue weighted by molar-refractivity contribution is 0.255. The molecular weight excluding hydrogens is 222 g/mol. The fraction of sp³-hybridized carbons (Fsp3) is 0.538. The van der Waals surface area contributed by atoms with Crippen LogP contribution in [0, 0.1) is 0 Å². The number of halogens is 1. The molecule has 1 aliphatic carbocycles. The first-order chi connectivity index (χ1) is 7.56. The summed E-state index contributed by atoms with van der Waals surface area (Å²) >= 11 is 6.22. The van der Waals surface area contributed by atoms with Crippen LogP contribution in [0.3, 0.4) is 0 Å². The van der Waals surface area contributed by atoms with Crippen molar-refractivity contribution in [1.82, 2.24) is 0 Å². The minimum Gasteiger partial charge on any atom is -0.489 e. The number of benzene rings is 1. The molecule has 0 aromatic heterocycles. The Morgan fingerprint density at radius 1 is 1.50 bits per heavy atom. The first-order valence-corrected chi connectivity index (χ1v) is 6.20. The second-order valence-corrected chi connectivity index (χ2v) is 5.64. The topological polar surface area (TPSA) is 35.2 Å². The molecule has 0 saturated heterocycles. The molecule has 1 aromatic rings. The van der Waals surface area contributed by atoms with Gasteiger partial charge in [-0.05, 0) is 43.4 Å². The predicted molar refractivity (Wildman–Crippen MR) is 65.1 cm³/mol. The molecule has 3 heteroatoms. The minimum absolute atomic E-state index is 0.0443. The highest BCUT2D eigenvalue weighted by molar-refractivity contribution is 6.32. The zero-order valence-electron chi connectivity index (χ0n) is 9.42. The third-order valence-corrected chi connectivity index (χ3v) is 3.74. The molecule has 1 unspecified atom stereocenters. The zero-order valence-corrected chi connectivity index (χ0v) is 10.2. The minimum atomic E-state index is 0.0443. The molecule has 1 heterocycles. The Labute approximate surface area is 101 Å². The average molecular weight is 238 g/mol. The Morgan fingerprint density at radius 3 is 2.94 bits per heavy atom. The second-order valence-electron chi connectivity index (χ2n) is 5.24. The highest BCUT2D eigenvalue weighted by Crippen LogP contribution is 2.40. The quantitative estimate of drug-likeness (QED) is 0.859. The van der Waals surface area contributed by atoms with Crippen molar-refractivity contribution in [1.29, 1.82) is 0 Å². The number of rotatable bonds is 2. The smallest absolute Gasteiger partial charge is 0.141 e. The van der Waals surface area contributed by atoms with Crippen molar-refractivity contribution in [3.05, 3.63) is 28.3 Å². The molecule has 0 amide bonds. The van der Waals surface area contributed by atoms with Gasteiger partial charge in [-0.1, -0.05) is 17.7 Å². The van der Waals surface area contributed by atoms with Crippen LogP contribution >= 0.6 is 11.6 Å². The summed E-state index contributed by atoms with van der Waals surface area (Å²) in [7, 11) is 0. The van der Waals surface area contributed by atoms with Gasteiger partial charge in [0.25, 0.3) is 0 Å². The second kappa shape index (κ2) is 3.38.